The highest BCUT2D eigenvalue weighted by atomic mass is 32.1. The molecule has 2 aromatic heterocycles. The molecule has 0 saturated carbocycles. The number of hydrogen-bond acceptors (Lipinski definition) is 5. The van der Waals surface area contributed by atoms with Crippen LogP contribution in [0, 0.1) is 13.8 Å². The van der Waals surface area contributed by atoms with Crippen LogP contribution < -0.4 is 4.90 Å². The summed E-state index contributed by atoms with van der Waals surface area (Å²) >= 11 is 1.75. The molecule has 3 heterocycles. The molecule has 1 aromatic carbocycles. The largest absolute Gasteiger partial charge is 0.396 e. The van der Waals surface area contributed by atoms with Crippen LogP contribution in [-0.2, 0) is 6.54 Å². The molecular weight excluding hydrogens is 354 g/mol. The Labute approximate surface area is 165 Å². The van der Waals surface area contributed by atoms with E-state index in [2.05, 4.69) is 63.7 Å². The highest BCUT2D eigenvalue weighted by Crippen LogP contribution is 2.31. The fourth-order valence-electron chi connectivity index (χ4n) is 4.23. The number of piperazine rings is 1. The second-order valence-corrected chi connectivity index (χ2v) is 8.30. The highest BCUT2D eigenvalue weighted by Gasteiger charge is 2.27. The van der Waals surface area contributed by atoms with E-state index in [1.807, 2.05) is 6.20 Å². The number of rotatable bonds is 5. The van der Waals surface area contributed by atoms with Crippen LogP contribution in [0.1, 0.15) is 23.1 Å². The van der Waals surface area contributed by atoms with Gasteiger partial charge in [-0.25, -0.2) is 0 Å². The minimum atomic E-state index is 0.230. The van der Waals surface area contributed by atoms with E-state index < -0.39 is 0 Å². The van der Waals surface area contributed by atoms with Crippen LogP contribution in [0.25, 0.3) is 10.9 Å². The second-order valence-electron chi connectivity index (χ2n) is 7.52. The first-order valence-corrected chi connectivity index (χ1v) is 10.6. The first kappa shape index (κ1) is 18.4. The standard InChI is InChI=1S/C22H27N3OS/c1-16-11-17(2)22-20(12-16)21(3-6-23-22)25-8-7-24(19(14-25)4-9-26)13-18-5-10-27-15-18/h3,5-6,10-12,15,19,26H,4,7-9,13-14H2,1-2H3/t19-/m0/s1. The Hall–Kier alpha value is -1.95. The molecule has 4 nitrogen and oxygen atoms in total. The predicted molar refractivity (Wildman–Crippen MR) is 114 cm³/mol. The molecule has 0 aliphatic carbocycles. The van der Waals surface area contributed by atoms with Crippen LogP contribution in [0.5, 0.6) is 0 Å². The summed E-state index contributed by atoms with van der Waals surface area (Å²) in [6, 6.07) is 9.16. The van der Waals surface area contributed by atoms with Crippen molar-refractivity contribution in [3.63, 3.8) is 0 Å². The lowest BCUT2D eigenvalue weighted by Gasteiger charge is -2.42. The van der Waals surface area contributed by atoms with Gasteiger partial charge in [-0.1, -0.05) is 11.6 Å². The first-order valence-electron chi connectivity index (χ1n) is 9.62. The van der Waals surface area contributed by atoms with Crippen molar-refractivity contribution in [3.8, 4) is 0 Å². The molecular formula is C22H27N3OS. The molecule has 1 saturated heterocycles. The molecule has 0 amide bonds. The predicted octanol–water partition coefficient (Wildman–Crippen LogP) is 3.99. The van der Waals surface area contributed by atoms with Crippen molar-refractivity contribution in [1.82, 2.24) is 9.88 Å². The fraction of sp³-hybridized carbons (Fsp3) is 0.409. The molecule has 0 unspecified atom stereocenters. The molecule has 3 aromatic rings. The second kappa shape index (κ2) is 7.97. The van der Waals surface area contributed by atoms with E-state index in [4.69, 9.17) is 0 Å². The van der Waals surface area contributed by atoms with Crippen molar-refractivity contribution in [1.29, 1.82) is 0 Å². The van der Waals surface area contributed by atoms with Crippen molar-refractivity contribution in [2.45, 2.75) is 32.9 Å². The molecule has 1 aliphatic rings. The average Bonchev–Trinajstić information content (AvgIpc) is 3.16. The Morgan fingerprint density at radius 3 is 2.89 bits per heavy atom. The molecule has 27 heavy (non-hydrogen) atoms. The van der Waals surface area contributed by atoms with E-state index in [0.717, 1.165) is 38.1 Å². The zero-order valence-corrected chi connectivity index (χ0v) is 16.9. The number of thiophene rings is 1. The maximum absolute atomic E-state index is 9.61. The van der Waals surface area contributed by atoms with Gasteiger partial charge in [0.25, 0.3) is 0 Å². The Balaban J connectivity index is 1.61. The van der Waals surface area contributed by atoms with Gasteiger partial charge in [0.1, 0.15) is 0 Å². The molecule has 1 fully saturated rings. The van der Waals surface area contributed by atoms with Crippen LogP contribution >= 0.6 is 11.3 Å². The number of aliphatic hydroxyl groups is 1. The summed E-state index contributed by atoms with van der Waals surface area (Å²) in [6.45, 7) is 8.44. The number of benzene rings is 1. The lowest BCUT2D eigenvalue weighted by Crippen LogP contribution is -2.53. The highest BCUT2D eigenvalue weighted by molar-refractivity contribution is 7.07. The van der Waals surface area contributed by atoms with Crippen LogP contribution in [0.3, 0.4) is 0 Å². The van der Waals surface area contributed by atoms with Crippen LogP contribution in [0.15, 0.2) is 41.2 Å². The van der Waals surface area contributed by atoms with Gasteiger partial charge in [0, 0.05) is 56.1 Å². The molecule has 1 N–H and O–H groups in total. The van der Waals surface area contributed by atoms with Gasteiger partial charge in [-0.2, -0.15) is 11.3 Å². The molecule has 5 heteroatoms. The van der Waals surface area contributed by atoms with E-state index in [0.29, 0.717) is 6.04 Å². The third kappa shape index (κ3) is 3.86. The monoisotopic (exact) mass is 381 g/mol. The van der Waals surface area contributed by atoms with Crippen molar-refractivity contribution < 1.29 is 5.11 Å². The Bertz CT molecular complexity index is 909. The summed E-state index contributed by atoms with van der Waals surface area (Å²) in [5, 5.41) is 15.2. The minimum Gasteiger partial charge on any atom is -0.396 e. The van der Waals surface area contributed by atoms with Gasteiger partial charge in [-0.05, 0) is 60.4 Å². The number of anilines is 1. The zero-order chi connectivity index (χ0) is 18.8. The molecule has 1 atom stereocenters. The van der Waals surface area contributed by atoms with Crippen molar-refractivity contribution in [2.75, 3.05) is 31.1 Å². The number of nitrogens with zero attached hydrogens (tertiary/aromatic N) is 3. The Morgan fingerprint density at radius 1 is 1.22 bits per heavy atom. The summed E-state index contributed by atoms with van der Waals surface area (Å²) in [5.41, 5.74) is 6.24. The Morgan fingerprint density at radius 2 is 2.11 bits per heavy atom. The quantitative estimate of drug-likeness (QED) is 0.725. The lowest BCUT2D eigenvalue weighted by atomic mass is 10.0. The van der Waals surface area contributed by atoms with E-state index in [9.17, 15) is 5.11 Å². The van der Waals surface area contributed by atoms with Gasteiger partial charge in [0.15, 0.2) is 0 Å². The fourth-order valence-corrected chi connectivity index (χ4v) is 4.89. The molecule has 0 spiro atoms. The van der Waals surface area contributed by atoms with Crippen molar-refractivity contribution >= 4 is 27.9 Å². The van der Waals surface area contributed by atoms with Gasteiger partial charge in [0.05, 0.1) is 5.52 Å². The SMILES string of the molecule is Cc1cc(C)c2nccc(N3CCN(Cc4ccsc4)[C@@H](CCO)C3)c2c1. The number of hydrogen-bond donors (Lipinski definition) is 1. The van der Waals surface area contributed by atoms with Gasteiger partial charge in [-0.3, -0.25) is 9.88 Å². The van der Waals surface area contributed by atoms with Gasteiger partial charge in [-0.15, -0.1) is 0 Å². The summed E-state index contributed by atoms with van der Waals surface area (Å²) in [6.07, 6.45) is 2.74. The van der Waals surface area contributed by atoms with Gasteiger partial charge < -0.3 is 10.0 Å². The van der Waals surface area contributed by atoms with Crippen LogP contribution in [0.4, 0.5) is 5.69 Å². The third-order valence-electron chi connectivity index (χ3n) is 5.53. The molecule has 4 rings (SSSR count). The van der Waals surface area contributed by atoms with Crippen molar-refractivity contribution in [2.24, 2.45) is 0 Å². The molecule has 142 valence electrons. The lowest BCUT2D eigenvalue weighted by molar-refractivity contribution is 0.136. The zero-order valence-electron chi connectivity index (χ0n) is 16.1. The number of aryl methyl sites for hydroxylation is 2. The molecule has 0 bridgehead atoms. The smallest absolute Gasteiger partial charge is 0.0752 e. The van der Waals surface area contributed by atoms with E-state index in [1.54, 1.807) is 11.3 Å². The Kier molecular flexibility index (Phi) is 5.43. The topological polar surface area (TPSA) is 39.6 Å². The normalized spacial score (nSPS) is 18.3. The first-order chi connectivity index (χ1) is 13.2. The van der Waals surface area contributed by atoms with Crippen LogP contribution in [0.2, 0.25) is 0 Å². The van der Waals surface area contributed by atoms with Gasteiger partial charge >= 0.3 is 0 Å². The molecule has 0 radical (unpaired) electrons. The third-order valence-corrected chi connectivity index (χ3v) is 6.26. The number of aromatic nitrogens is 1. The van der Waals surface area contributed by atoms with Gasteiger partial charge in [0.2, 0.25) is 0 Å². The summed E-state index contributed by atoms with van der Waals surface area (Å²) in [4.78, 5) is 9.62. The maximum Gasteiger partial charge on any atom is 0.0752 e. The maximum atomic E-state index is 9.61. The summed E-state index contributed by atoms with van der Waals surface area (Å²) < 4.78 is 0. The summed E-state index contributed by atoms with van der Waals surface area (Å²) in [7, 11) is 0. The number of pyridine rings is 1. The summed E-state index contributed by atoms with van der Waals surface area (Å²) in [5.74, 6) is 0. The van der Waals surface area contributed by atoms with E-state index in [1.165, 1.54) is 27.8 Å². The minimum absolute atomic E-state index is 0.230. The number of aliphatic hydroxyl groups excluding tert-OH is 1. The molecule has 1 aliphatic heterocycles. The van der Waals surface area contributed by atoms with E-state index >= 15 is 0 Å². The number of fused-ring (bicyclic) bond motifs is 1. The van der Waals surface area contributed by atoms with Crippen molar-refractivity contribution in [3.05, 3.63) is 57.9 Å². The average molecular weight is 382 g/mol. The van der Waals surface area contributed by atoms with E-state index in [-0.39, 0.29) is 6.61 Å². The van der Waals surface area contributed by atoms with Crippen LogP contribution in [-0.4, -0.2) is 47.3 Å².